The predicted octanol–water partition coefficient (Wildman–Crippen LogP) is 1.97. The number of ether oxygens (including phenoxy) is 1. The Morgan fingerprint density at radius 1 is 1.30 bits per heavy atom. The molecule has 6 heteroatoms. The molecule has 1 saturated heterocycles. The first kappa shape index (κ1) is 18.0. The van der Waals surface area contributed by atoms with Crippen molar-refractivity contribution in [2.24, 2.45) is 11.7 Å². The molecule has 2 rings (SSSR count). The molecule has 2 fully saturated rings. The van der Waals surface area contributed by atoms with Crippen molar-refractivity contribution < 1.29 is 14.3 Å². The Hall–Kier alpha value is -1.30. The summed E-state index contributed by atoms with van der Waals surface area (Å²) in [6.07, 6.45) is 3.88. The Kier molecular flexibility index (Phi) is 5.55. The van der Waals surface area contributed by atoms with Gasteiger partial charge in [-0.15, -0.1) is 0 Å². The third-order valence-corrected chi connectivity index (χ3v) is 4.29. The number of amides is 2. The van der Waals surface area contributed by atoms with Gasteiger partial charge in [-0.25, -0.2) is 4.79 Å². The largest absolute Gasteiger partial charge is 0.444 e. The number of hydrogen-bond donors (Lipinski definition) is 1. The molecule has 2 atom stereocenters. The van der Waals surface area contributed by atoms with Crippen molar-refractivity contribution in [2.45, 2.75) is 71.1 Å². The van der Waals surface area contributed by atoms with Crippen molar-refractivity contribution in [3.63, 3.8) is 0 Å². The molecule has 1 saturated carbocycles. The molecule has 132 valence electrons. The van der Waals surface area contributed by atoms with E-state index < -0.39 is 11.6 Å². The van der Waals surface area contributed by atoms with Crippen LogP contribution in [0.4, 0.5) is 4.79 Å². The maximum Gasteiger partial charge on any atom is 0.410 e. The number of piperidine rings is 1. The summed E-state index contributed by atoms with van der Waals surface area (Å²) in [4.78, 5) is 28.3. The van der Waals surface area contributed by atoms with Crippen LogP contribution in [0.3, 0.4) is 0 Å². The van der Waals surface area contributed by atoms with Crippen LogP contribution in [0.1, 0.15) is 53.4 Å². The zero-order valence-electron chi connectivity index (χ0n) is 14.9. The number of carbonyl (C=O) groups excluding carboxylic acids is 2. The van der Waals surface area contributed by atoms with Crippen LogP contribution in [-0.2, 0) is 9.53 Å². The lowest BCUT2D eigenvalue weighted by Crippen LogP contribution is -2.50. The van der Waals surface area contributed by atoms with Gasteiger partial charge >= 0.3 is 6.09 Å². The molecule has 0 unspecified atom stereocenters. The van der Waals surface area contributed by atoms with E-state index in [1.54, 1.807) is 6.92 Å². The number of carbonyl (C=O) groups is 2. The van der Waals surface area contributed by atoms with Gasteiger partial charge in [-0.1, -0.05) is 0 Å². The van der Waals surface area contributed by atoms with E-state index in [4.69, 9.17) is 10.5 Å². The number of nitrogens with zero attached hydrogens (tertiary/aromatic N) is 2. The number of rotatable bonds is 4. The van der Waals surface area contributed by atoms with E-state index in [9.17, 15) is 9.59 Å². The first-order valence-electron chi connectivity index (χ1n) is 8.71. The number of nitrogens with two attached hydrogens (primary N) is 1. The van der Waals surface area contributed by atoms with E-state index in [1.165, 1.54) is 0 Å². The average Bonchev–Trinajstić information content (AvgIpc) is 3.26. The van der Waals surface area contributed by atoms with Crippen LogP contribution in [0, 0.1) is 5.92 Å². The highest BCUT2D eigenvalue weighted by molar-refractivity contribution is 5.81. The van der Waals surface area contributed by atoms with Gasteiger partial charge in [0.05, 0.1) is 6.04 Å². The lowest BCUT2D eigenvalue weighted by molar-refractivity contribution is -0.134. The monoisotopic (exact) mass is 325 g/mol. The molecule has 0 aromatic heterocycles. The second-order valence-corrected chi connectivity index (χ2v) is 7.95. The molecule has 0 aromatic rings. The molecule has 0 spiro atoms. The van der Waals surface area contributed by atoms with E-state index in [0.717, 1.165) is 32.2 Å². The van der Waals surface area contributed by atoms with Gasteiger partial charge in [0.15, 0.2) is 0 Å². The van der Waals surface area contributed by atoms with Gasteiger partial charge < -0.3 is 20.3 Å². The van der Waals surface area contributed by atoms with Crippen LogP contribution >= 0.6 is 0 Å². The SMILES string of the molecule is C[C@H](N)C(=O)N1CCC[C@@H](CN(C(=O)OC(C)(C)C)C2CC2)C1. The highest BCUT2D eigenvalue weighted by atomic mass is 16.6. The lowest BCUT2D eigenvalue weighted by atomic mass is 9.97. The Labute approximate surface area is 139 Å². The van der Waals surface area contributed by atoms with E-state index in [2.05, 4.69) is 0 Å². The maximum atomic E-state index is 12.4. The van der Waals surface area contributed by atoms with Crippen LogP contribution in [0.5, 0.6) is 0 Å². The number of likely N-dealkylation sites (tertiary alicyclic amines) is 1. The molecule has 2 aliphatic rings. The second kappa shape index (κ2) is 7.07. The first-order chi connectivity index (χ1) is 10.7. The van der Waals surface area contributed by atoms with Crippen LogP contribution in [0.2, 0.25) is 0 Å². The number of hydrogen-bond acceptors (Lipinski definition) is 4. The van der Waals surface area contributed by atoms with E-state index in [1.807, 2.05) is 30.6 Å². The van der Waals surface area contributed by atoms with E-state index >= 15 is 0 Å². The zero-order valence-corrected chi connectivity index (χ0v) is 14.9. The topological polar surface area (TPSA) is 75.9 Å². The van der Waals surface area contributed by atoms with Crippen molar-refractivity contribution in [1.82, 2.24) is 9.80 Å². The molecule has 2 amide bonds. The Morgan fingerprint density at radius 3 is 2.48 bits per heavy atom. The Morgan fingerprint density at radius 2 is 1.96 bits per heavy atom. The molecule has 1 aliphatic heterocycles. The summed E-state index contributed by atoms with van der Waals surface area (Å²) >= 11 is 0. The quantitative estimate of drug-likeness (QED) is 0.857. The normalized spacial score (nSPS) is 23.3. The smallest absolute Gasteiger partial charge is 0.410 e. The second-order valence-electron chi connectivity index (χ2n) is 7.95. The van der Waals surface area contributed by atoms with E-state index in [-0.39, 0.29) is 12.0 Å². The standard InChI is InChI=1S/C17H31N3O3/c1-12(18)15(21)19-9-5-6-13(10-19)11-20(14-7-8-14)16(22)23-17(2,3)4/h12-14H,5-11,18H2,1-4H3/t12-,13+/m0/s1. The summed E-state index contributed by atoms with van der Waals surface area (Å²) in [5, 5.41) is 0. The molecule has 0 bridgehead atoms. The molecule has 0 radical (unpaired) electrons. The van der Waals surface area contributed by atoms with Crippen LogP contribution in [-0.4, -0.2) is 59.1 Å². The summed E-state index contributed by atoms with van der Waals surface area (Å²) in [5.74, 6) is 0.310. The van der Waals surface area contributed by atoms with Crippen LogP contribution < -0.4 is 5.73 Å². The van der Waals surface area contributed by atoms with Crippen molar-refractivity contribution in [3.05, 3.63) is 0 Å². The van der Waals surface area contributed by atoms with Gasteiger partial charge in [-0.3, -0.25) is 4.79 Å². The average molecular weight is 325 g/mol. The molecular weight excluding hydrogens is 294 g/mol. The molecule has 1 aliphatic carbocycles. The molecular formula is C17H31N3O3. The summed E-state index contributed by atoms with van der Waals surface area (Å²) in [5.41, 5.74) is 5.24. The van der Waals surface area contributed by atoms with Gasteiger partial charge in [0, 0.05) is 25.7 Å². The minimum Gasteiger partial charge on any atom is -0.444 e. The zero-order chi connectivity index (χ0) is 17.2. The molecule has 23 heavy (non-hydrogen) atoms. The van der Waals surface area contributed by atoms with E-state index in [0.29, 0.717) is 25.0 Å². The minimum atomic E-state index is -0.478. The van der Waals surface area contributed by atoms with Gasteiger partial charge in [-0.05, 0) is 59.3 Å². The molecule has 2 N–H and O–H groups in total. The predicted molar refractivity (Wildman–Crippen MR) is 88.9 cm³/mol. The van der Waals surface area contributed by atoms with Gasteiger partial charge in [0.1, 0.15) is 5.60 Å². The summed E-state index contributed by atoms with van der Waals surface area (Å²) in [6.45, 7) is 9.52. The summed E-state index contributed by atoms with van der Waals surface area (Å²) in [6, 6.07) is -0.150. The third-order valence-electron chi connectivity index (χ3n) is 4.29. The molecule has 0 aromatic carbocycles. The van der Waals surface area contributed by atoms with Gasteiger partial charge in [0.25, 0.3) is 0 Å². The lowest BCUT2D eigenvalue weighted by Gasteiger charge is -2.37. The minimum absolute atomic E-state index is 0.00457. The third kappa shape index (κ3) is 5.37. The summed E-state index contributed by atoms with van der Waals surface area (Å²) in [7, 11) is 0. The van der Waals surface area contributed by atoms with Crippen LogP contribution in [0.15, 0.2) is 0 Å². The fourth-order valence-corrected chi connectivity index (χ4v) is 3.06. The van der Waals surface area contributed by atoms with Gasteiger partial charge in [0.2, 0.25) is 5.91 Å². The fraction of sp³-hybridized carbons (Fsp3) is 0.882. The summed E-state index contributed by atoms with van der Waals surface area (Å²) < 4.78 is 5.54. The van der Waals surface area contributed by atoms with Gasteiger partial charge in [-0.2, -0.15) is 0 Å². The fourth-order valence-electron chi connectivity index (χ4n) is 3.06. The first-order valence-corrected chi connectivity index (χ1v) is 8.71. The highest BCUT2D eigenvalue weighted by Gasteiger charge is 2.37. The molecule has 6 nitrogen and oxygen atoms in total. The Balaban J connectivity index is 1.94. The van der Waals surface area contributed by atoms with Crippen molar-refractivity contribution in [2.75, 3.05) is 19.6 Å². The molecule has 1 heterocycles. The van der Waals surface area contributed by atoms with Crippen LogP contribution in [0.25, 0.3) is 0 Å². The highest BCUT2D eigenvalue weighted by Crippen LogP contribution is 2.30. The van der Waals surface area contributed by atoms with Crippen molar-refractivity contribution >= 4 is 12.0 Å². The maximum absolute atomic E-state index is 12.4. The van der Waals surface area contributed by atoms with Crippen molar-refractivity contribution in [3.8, 4) is 0 Å². The Bertz CT molecular complexity index is 441. The van der Waals surface area contributed by atoms with Crippen molar-refractivity contribution in [1.29, 1.82) is 0 Å².